The van der Waals surface area contributed by atoms with Gasteiger partial charge in [0.15, 0.2) is 5.65 Å². The Morgan fingerprint density at radius 2 is 1.76 bits per heavy atom. The molecular formula is C41H44F3N9O. The fourth-order valence-corrected chi connectivity index (χ4v) is 8.96. The molecule has 9 rings (SSSR count). The molecule has 1 unspecified atom stereocenters. The van der Waals surface area contributed by atoms with Crippen molar-refractivity contribution in [3.8, 4) is 11.3 Å². The minimum atomic E-state index is -0.585. The highest BCUT2D eigenvalue weighted by Gasteiger charge is 2.36. The van der Waals surface area contributed by atoms with E-state index in [1.807, 2.05) is 41.4 Å². The molecule has 280 valence electrons. The Balaban J connectivity index is 0.866. The molecule has 3 fully saturated rings. The summed E-state index contributed by atoms with van der Waals surface area (Å²) in [7, 11) is 2.06. The number of hydrogen-bond acceptors (Lipinski definition) is 8. The molecule has 0 radical (unpaired) electrons. The van der Waals surface area contributed by atoms with Crippen molar-refractivity contribution in [3.05, 3.63) is 107 Å². The van der Waals surface area contributed by atoms with Gasteiger partial charge in [-0.1, -0.05) is 18.2 Å². The third-order valence-corrected chi connectivity index (χ3v) is 11.9. The van der Waals surface area contributed by atoms with Crippen molar-refractivity contribution >= 4 is 23.2 Å². The van der Waals surface area contributed by atoms with Gasteiger partial charge in [0.1, 0.15) is 29.1 Å². The first-order valence-electron chi connectivity index (χ1n) is 19.1. The summed E-state index contributed by atoms with van der Waals surface area (Å²) in [5, 5.41) is 7.92. The summed E-state index contributed by atoms with van der Waals surface area (Å²) in [6.45, 7) is 4.89. The van der Waals surface area contributed by atoms with Crippen molar-refractivity contribution in [2.75, 3.05) is 49.6 Å². The van der Waals surface area contributed by atoms with E-state index in [-0.39, 0.29) is 29.8 Å². The molecule has 54 heavy (non-hydrogen) atoms. The van der Waals surface area contributed by atoms with Crippen LogP contribution in [0, 0.1) is 17.5 Å². The summed E-state index contributed by atoms with van der Waals surface area (Å²) in [6, 6.07) is 15.4. The Labute approximate surface area is 312 Å². The van der Waals surface area contributed by atoms with E-state index in [1.165, 1.54) is 12.1 Å². The van der Waals surface area contributed by atoms with Crippen LogP contribution in [0.2, 0.25) is 0 Å². The lowest BCUT2D eigenvalue weighted by atomic mass is 10.0. The second-order valence-corrected chi connectivity index (χ2v) is 15.1. The minimum absolute atomic E-state index is 0.0540. The zero-order valence-corrected chi connectivity index (χ0v) is 30.4. The molecule has 10 nitrogen and oxygen atoms in total. The summed E-state index contributed by atoms with van der Waals surface area (Å²) in [6.07, 6.45) is 9.05. The molecular weight excluding hydrogens is 692 g/mol. The summed E-state index contributed by atoms with van der Waals surface area (Å²) in [4.78, 5) is 31.7. The molecule has 0 aliphatic carbocycles. The average molecular weight is 736 g/mol. The van der Waals surface area contributed by atoms with Crippen molar-refractivity contribution < 1.29 is 18.0 Å². The fourth-order valence-electron chi connectivity index (χ4n) is 8.96. The Hall–Kier alpha value is -5.01. The number of piperidine rings is 2. The van der Waals surface area contributed by atoms with Gasteiger partial charge in [0.05, 0.1) is 30.0 Å². The first-order chi connectivity index (χ1) is 26.3. The van der Waals surface area contributed by atoms with E-state index in [9.17, 15) is 13.6 Å². The predicted octanol–water partition coefficient (Wildman–Crippen LogP) is 6.36. The number of carbonyl (C=O) groups is 1. The molecule has 0 bridgehead atoms. The quantitative estimate of drug-likeness (QED) is 0.197. The van der Waals surface area contributed by atoms with E-state index in [1.54, 1.807) is 16.8 Å². The van der Waals surface area contributed by atoms with E-state index >= 15 is 4.39 Å². The molecule has 2 atom stereocenters. The van der Waals surface area contributed by atoms with Crippen LogP contribution in [0.3, 0.4) is 0 Å². The highest BCUT2D eigenvalue weighted by Crippen LogP contribution is 2.38. The number of aromatic nitrogens is 4. The maximum atomic E-state index is 15.9. The zero-order chi connectivity index (χ0) is 36.9. The molecule has 4 aliphatic rings. The molecule has 0 saturated carbocycles. The number of pyridine rings is 1. The number of benzene rings is 2. The van der Waals surface area contributed by atoms with Crippen LogP contribution < -0.4 is 15.1 Å². The zero-order valence-electron chi connectivity index (χ0n) is 30.4. The molecule has 5 aromatic rings. The Kier molecular flexibility index (Phi) is 9.22. The van der Waals surface area contributed by atoms with E-state index in [0.717, 1.165) is 87.8 Å². The van der Waals surface area contributed by atoms with Gasteiger partial charge in [0, 0.05) is 79.3 Å². The van der Waals surface area contributed by atoms with Gasteiger partial charge in [0.25, 0.3) is 5.91 Å². The number of rotatable bonds is 8. The lowest BCUT2D eigenvalue weighted by molar-refractivity contribution is 0.0674. The second-order valence-electron chi connectivity index (χ2n) is 15.1. The Morgan fingerprint density at radius 3 is 2.57 bits per heavy atom. The summed E-state index contributed by atoms with van der Waals surface area (Å²) in [5.74, 6) is 0.168. The second kappa shape index (κ2) is 14.3. The SMILES string of the molecule is CN(Cc1ccc2c(c1F)CN(C1CCCNC1)C2=O)C1CCN(c2cccc(-c3cnn4ccc(N5CCC[C@@H]5c5ccc(F)cc5F)nc34)n2)CC1. The van der Waals surface area contributed by atoms with Crippen LogP contribution in [-0.2, 0) is 13.1 Å². The van der Waals surface area contributed by atoms with Crippen molar-refractivity contribution in [2.45, 2.75) is 69.7 Å². The normalized spacial score (nSPS) is 20.8. The number of nitrogens with one attached hydrogen (secondary N) is 1. The van der Waals surface area contributed by atoms with Gasteiger partial charge in [-0.05, 0) is 82.4 Å². The summed E-state index contributed by atoms with van der Waals surface area (Å²) >= 11 is 0. The van der Waals surface area contributed by atoms with Crippen LogP contribution >= 0.6 is 0 Å². The van der Waals surface area contributed by atoms with Crippen molar-refractivity contribution in [1.82, 2.24) is 34.7 Å². The van der Waals surface area contributed by atoms with Gasteiger partial charge >= 0.3 is 0 Å². The van der Waals surface area contributed by atoms with E-state index in [2.05, 4.69) is 32.2 Å². The van der Waals surface area contributed by atoms with Gasteiger partial charge < -0.3 is 20.0 Å². The lowest BCUT2D eigenvalue weighted by Crippen LogP contribution is -2.46. The third-order valence-electron chi connectivity index (χ3n) is 11.9. The summed E-state index contributed by atoms with van der Waals surface area (Å²) < 4.78 is 46.1. The van der Waals surface area contributed by atoms with Crippen LogP contribution in [0.15, 0.2) is 67.0 Å². The third kappa shape index (κ3) is 6.36. The van der Waals surface area contributed by atoms with Crippen molar-refractivity contribution in [2.24, 2.45) is 0 Å². The number of carbonyl (C=O) groups excluding carboxylic acids is 1. The Morgan fingerprint density at radius 1 is 0.889 bits per heavy atom. The molecule has 1 N–H and O–H groups in total. The maximum absolute atomic E-state index is 15.9. The summed E-state index contributed by atoms with van der Waals surface area (Å²) in [5.41, 5.74) is 4.37. The van der Waals surface area contributed by atoms with Gasteiger partial charge in [-0.25, -0.2) is 27.7 Å². The van der Waals surface area contributed by atoms with Crippen molar-refractivity contribution in [1.29, 1.82) is 0 Å². The van der Waals surface area contributed by atoms with E-state index < -0.39 is 11.6 Å². The molecule has 0 spiro atoms. The van der Waals surface area contributed by atoms with Crippen molar-refractivity contribution in [3.63, 3.8) is 0 Å². The minimum Gasteiger partial charge on any atom is -0.356 e. The average Bonchev–Trinajstić information content (AvgIpc) is 3.94. The van der Waals surface area contributed by atoms with Crippen LogP contribution in [0.4, 0.5) is 24.8 Å². The van der Waals surface area contributed by atoms with Gasteiger partial charge in [-0.3, -0.25) is 9.69 Å². The van der Waals surface area contributed by atoms with Crippen LogP contribution in [0.5, 0.6) is 0 Å². The lowest BCUT2D eigenvalue weighted by Gasteiger charge is -2.37. The van der Waals surface area contributed by atoms with E-state index in [4.69, 9.17) is 9.97 Å². The molecule has 3 aromatic heterocycles. The smallest absolute Gasteiger partial charge is 0.254 e. The number of amides is 1. The van der Waals surface area contributed by atoms with Gasteiger partial charge in [-0.15, -0.1) is 0 Å². The monoisotopic (exact) mass is 735 g/mol. The number of nitrogens with zero attached hydrogens (tertiary/aromatic N) is 8. The number of halogens is 3. The van der Waals surface area contributed by atoms with Crippen LogP contribution in [0.1, 0.15) is 71.6 Å². The first kappa shape index (κ1) is 34.7. The molecule has 1 amide bonds. The number of anilines is 2. The highest BCUT2D eigenvalue weighted by molar-refractivity contribution is 5.98. The fraction of sp³-hybridized carbons (Fsp3) is 0.415. The molecule has 3 saturated heterocycles. The topological polar surface area (TPSA) is 85.1 Å². The molecule has 2 aromatic carbocycles. The van der Waals surface area contributed by atoms with Gasteiger partial charge in [-0.2, -0.15) is 5.10 Å². The first-order valence-corrected chi connectivity index (χ1v) is 19.1. The van der Waals surface area contributed by atoms with Crippen LogP contribution in [-0.4, -0.2) is 87.1 Å². The molecule has 4 aliphatic heterocycles. The van der Waals surface area contributed by atoms with E-state index in [0.29, 0.717) is 53.4 Å². The number of fused-ring (bicyclic) bond motifs is 2. The van der Waals surface area contributed by atoms with Crippen LogP contribution in [0.25, 0.3) is 16.9 Å². The highest BCUT2D eigenvalue weighted by atomic mass is 19.1. The predicted molar refractivity (Wildman–Crippen MR) is 201 cm³/mol. The standard InChI is InChI=1S/C41H44F3N9O/c1-49(24-26-9-11-30-33(39(26)44)25-52(41(30)54)29-5-3-16-45-22-29)28-13-18-50(19-14-28)37-8-2-6-35(47-37)32-23-46-53-20-15-38(48-40(32)53)51-17-4-7-36(51)31-12-10-27(42)21-34(31)43/h2,6,8-12,15,20-21,23,28-29,36,45H,3-5,7,13-14,16-19,22,24-25H2,1H3/t29?,36-/m1/s1. The maximum Gasteiger partial charge on any atom is 0.254 e. The van der Waals surface area contributed by atoms with Gasteiger partial charge in [0.2, 0.25) is 0 Å². The largest absolute Gasteiger partial charge is 0.356 e. The number of hydrogen-bond donors (Lipinski definition) is 1. The molecule has 13 heteroatoms. The molecule has 7 heterocycles. The Bertz CT molecular complexity index is 2200.